The Kier molecular flexibility index (Phi) is 5.56. The Morgan fingerprint density at radius 3 is 1.82 bits per heavy atom. The zero-order valence-corrected chi connectivity index (χ0v) is 18.6. The van der Waals surface area contributed by atoms with Crippen molar-refractivity contribution in [1.82, 2.24) is 0 Å². The monoisotopic (exact) mass is 450 g/mol. The highest BCUT2D eigenvalue weighted by atomic mass is 16.6. The zero-order chi connectivity index (χ0) is 23.1. The van der Waals surface area contributed by atoms with Crippen LogP contribution in [-0.2, 0) is 14.3 Å². The molecule has 3 fully saturated rings. The normalized spacial score (nSPS) is 29.5. The van der Waals surface area contributed by atoms with Crippen LogP contribution in [0.5, 0.6) is 11.5 Å². The van der Waals surface area contributed by atoms with Crippen molar-refractivity contribution in [2.24, 2.45) is 23.7 Å². The lowest BCUT2D eigenvalue weighted by Crippen LogP contribution is -2.46. The lowest BCUT2D eigenvalue weighted by atomic mass is 9.78. The van der Waals surface area contributed by atoms with E-state index in [0.29, 0.717) is 35.5 Å². The average Bonchev–Trinajstić information content (AvgIpc) is 3.51. The van der Waals surface area contributed by atoms with E-state index >= 15 is 0 Å². The molecule has 0 heterocycles. The summed E-state index contributed by atoms with van der Waals surface area (Å²) in [5.41, 5.74) is 0.614. The summed E-state index contributed by atoms with van der Waals surface area (Å²) in [6.07, 6.45) is 0.727. The van der Waals surface area contributed by atoms with Crippen LogP contribution in [0.1, 0.15) is 40.0 Å². The van der Waals surface area contributed by atoms with E-state index in [0.717, 1.165) is 6.42 Å². The molecule has 3 saturated carbocycles. The third-order valence-corrected chi connectivity index (χ3v) is 7.42. The number of methoxy groups -OCH3 is 2. The number of ether oxygens (including phenoxy) is 4. The third kappa shape index (κ3) is 3.56. The van der Waals surface area contributed by atoms with Gasteiger partial charge in [0.25, 0.3) is 0 Å². The molecular formula is C26H26O7. The van der Waals surface area contributed by atoms with Crippen LogP contribution in [0, 0.1) is 23.7 Å². The summed E-state index contributed by atoms with van der Waals surface area (Å²) in [6.45, 7) is 0. The van der Waals surface area contributed by atoms with Gasteiger partial charge in [-0.05, 0) is 43.0 Å². The molecule has 5 rings (SSSR count). The molecule has 0 N–H and O–H groups in total. The zero-order valence-electron chi connectivity index (χ0n) is 18.6. The second-order valence-electron chi connectivity index (χ2n) is 8.90. The smallest absolute Gasteiger partial charge is 0.342 e. The van der Waals surface area contributed by atoms with E-state index < -0.39 is 24.1 Å². The van der Waals surface area contributed by atoms with Crippen LogP contribution in [0.4, 0.5) is 0 Å². The van der Waals surface area contributed by atoms with Crippen molar-refractivity contribution in [1.29, 1.82) is 0 Å². The minimum absolute atomic E-state index is 0.0134. The van der Waals surface area contributed by atoms with Crippen molar-refractivity contribution in [2.45, 2.75) is 31.5 Å². The van der Waals surface area contributed by atoms with E-state index in [9.17, 15) is 14.4 Å². The molecule has 7 nitrogen and oxygen atoms in total. The second-order valence-corrected chi connectivity index (χ2v) is 8.90. The number of rotatable bonds is 6. The van der Waals surface area contributed by atoms with Gasteiger partial charge in [0, 0.05) is 24.2 Å². The van der Waals surface area contributed by atoms with Gasteiger partial charge in [-0.1, -0.05) is 24.3 Å². The molecule has 7 heteroatoms. The molecule has 6 atom stereocenters. The highest BCUT2D eigenvalue weighted by Crippen LogP contribution is 2.59. The number of Topliss-reactive ketones (excluding diaryl/α,β-unsaturated/α-hetero) is 1. The molecule has 3 aliphatic carbocycles. The van der Waals surface area contributed by atoms with E-state index in [1.54, 1.807) is 48.5 Å². The third-order valence-electron chi connectivity index (χ3n) is 7.42. The number of ketones is 1. The number of esters is 2. The fourth-order valence-corrected chi connectivity index (χ4v) is 6.08. The van der Waals surface area contributed by atoms with Crippen LogP contribution < -0.4 is 9.47 Å². The SMILES string of the molecule is COc1ccccc1C(=O)OC1C2CC(C1OC(=O)c1ccccc1OC)C1C(=O)CCC21. The number of carbonyl (C=O) groups excluding carboxylic acids is 3. The van der Waals surface area contributed by atoms with Crippen LogP contribution in [0.15, 0.2) is 48.5 Å². The Hall–Kier alpha value is -3.35. The molecule has 0 saturated heterocycles. The summed E-state index contributed by atoms with van der Waals surface area (Å²) in [5.74, 6) is -0.157. The molecule has 33 heavy (non-hydrogen) atoms. The molecule has 3 aliphatic rings. The van der Waals surface area contributed by atoms with Gasteiger partial charge in [-0.25, -0.2) is 9.59 Å². The molecule has 0 amide bonds. The van der Waals surface area contributed by atoms with Crippen LogP contribution in [0.25, 0.3) is 0 Å². The lowest BCUT2D eigenvalue weighted by Gasteiger charge is -2.36. The highest BCUT2D eigenvalue weighted by molar-refractivity contribution is 5.94. The molecule has 0 aromatic heterocycles. The standard InChI is InChI=1S/C26H26O7/c1-30-20-9-5-3-7-15(20)25(28)32-23-17-13-18(22-14(17)11-12-19(22)27)24(23)33-26(29)16-8-4-6-10-21(16)31-2/h3-10,14,17-18,22-24H,11-13H2,1-2H3. The van der Waals surface area contributed by atoms with Crippen molar-refractivity contribution in [2.75, 3.05) is 14.2 Å². The van der Waals surface area contributed by atoms with E-state index in [1.807, 2.05) is 0 Å². The molecule has 0 aliphatic heterocycles. The van der Waals surface area contributed by atoms with Crippen LogP contribution >= 0.6 is 0 Å². The first-order chi connectivity index (χ1) is 16.0. The summed E-state index contributed by atoms with van der Waals surface area (Å²) < 4.78 is 22.5. The van der Waals surface area contributed by atoms with Crippen LogP contribution in [0.2, 0.25) is 0 Å². The van der Waals surface area contributed by atoms with Crippen molar-refractivity contribution in [3.05, 3.63) is 59.7 Å². The summed E-state index contributed by atoms with van der Waals surface area (Å²) in [4.78, 5) is 38.8. The van der Waals surface area contributed by atoms with E-state index in [2.05, 4.69) is 0 Å². The molecule has 6 unspecified atom stereocenters. The van der Waals surface area contributed by atoms with Gasteiger partial charge in [-0.3, -0.25) is 4.79 Å². The minimum atomic E-state index is -0.686. The minimum Gasteiger partial charge on any atom is -0.496 e. The van der Waals surface area contributed by atoms with Gasteiger partial charge in [0.2, 0.25) is 0 Å². The fourth-order valence-electron chi connectivity index (χ4n) is 6.08. The van der Waals surface area contributed by atoms with E-state index in [4.69, 9.17) is 18.9 Å². The van der Waals surface area contributed by atoms with Gasteiger partial charge >= 0.3 is 11.9 Å². The summed E-state index contributed by atoms with van der Waals surface area (Å²) >= 11 is 0. The second kappa shape index (κ2) is 8.54. The highest BCUT2D eigenvalue weighted by Gasteiger charge is 2.64. The molecule has 2 bridgehead atoms. The number of hydrogen-bond donors (Lipinski definition) is 0. The largest absolute Gasteiger partial charge is 0.496 e. The van der Waals surface area contributed by atoms with Gasteiger partial charge < -0.3 is 18.9 Å². The molecular weight excluding hydrogens is 424 g/mol. The maximum atomic E-state index is 13.1. The summed E-state index contributed by atoms with van der Waals surface area (Å²) in [5, 5.41) is 0. The number of para-hydroxylation sites is 2. The maximum absolute atomic E-state index is 13.1. The lowest BCUT2D eigenvalue weighted by molar-refractivity contribution is -0.127. The predicted octanol–water partition coefficient (Wildman–Crippen LogP) is 3.70. The molecule has 0 radical (unpaired) electrons. The Bertz CT molecular complexity index is 1090. The van der Waals surface area contributed by atoms with Crippen molar-refractivity contribution >= 4 is 17.7 Å². The first-order valence-corrected chi connectivity index (χ1v) is 11.2. The number of hydrogen-bond acceptors (Lipinski definition) is 7. The first-order valence-electron chi connectivity index (χ1n) is 11.2. The maximum Gasteiger partial charge on any atom is 0.342 e. The molecule has 172 valence electrons. The van der Waals surface area contributed by atoms with Crippen molar-refractivity contribution in [3.8, 4) is 11.5 Å². The Morgan fingerprint density at radius 1 is 0.758 bits per heavy atom. The summed E-state index contributed by atoms with van der Waals surface area (Å²) in [7, 11) is 2.99. The van der Waals surface area contributed by atoms with Crippen molar-refractivity contribution in [3.63, 3.8) is 0 Å². The molecule has 2 aromatic rings. The van der Waals surface area contributed by atoms with Crippen LogP contribution in [0.3, 0.4) is 0 Å². The number of benzene rings is 2. The average molecular weight is 450 g/mol. The number of carbonyl (C=O) groups is 3. The van der Waals surface area contributed by atoms with Gasteiger partial charge in [-0.15, -0.1) is 0 Å². The quantitative estimate of drug-likeness (QED) is 0.620. The Labute approximate surface area is 192 Å². The first kappa shape index (κ1) is 21.5. The number of fused-ring (bicyclic) bond motifs is 5. The molecule has 0 spiro atoms. The summed E-state index contributed by atoms with van der Waals surface area (Å²) in [6, 6.07) is 13.7. The van der Waals surface area contributed by atoms with E-state index in [1.165, 1.54) is 14.2 Å². The van der Waals surface area contributed by atoms with E-state index in [-0.39, 0.29) is 29.5 Å². The van der Waals surface area contributed by atoms with Crippen molar-refractivity contribution < 1.29 is 33.3 Å². The van der Waals surface area contributed by atoms with Gasteiger partial charge in [0.15, 0.2) is 0 Å². The molecule has 2 aromatic carbocycles. The Balaban J connectivity index is 1.43. The van der Waals surface area contributed by atoms with Gasteiger partial charge in [0.1, 0.15) is 40.6 Å². The Morgan fingerprint density at radius 2 is 1.27 bits per heavy atom. The topological polar surface area (TPSA) is 88.1 Å². The predicted molar refractivity (Wildman–Crippen MR) is 117 cm³/mol. The van der Waals surface area contributed by atoms with Gasteiger partial charge in [0.05, 0.1) is 14.2 Å². The van der Waals surface area contributed by atoms with Gasteiger partial charge in [-0.2, -0.15) is 0 Å². The fraction of sp³-hybridized carbons (Fsp3) is 0.423. The van der Waals surface area contributed by atoms with Crippen LogP contribution in [-0.4, -0.2) is 44.1 Å².